The van der Waals surface area contributed by atoms with Crippen LogP contribution in [0, 0.1) is 11.6 Å². The maximum Gasteiger partial charge on any atom is 0.257 e. The Labute approximate surface area is 146 Å². The molecule has 0 heterocycles. The van der Waals surface area contributed by atoms with E-state index in [0.717, 1.165) is 37.8 Å². The predicted octanol–water partition coefficient (Wildman–Crippen LogP) is 3.97. The largest absolute Gasteiger partial charge is 0.481 e. The molecule has 1 amide bonds. The van der Waals surface area contributed by atoms with Crippen molar-refractivity contribution in [3.05, 3.63) is 65.7 Å². The zero-order valence-corrected chi connectivity index (χ0v) is 13.9. The standard InChI is InChI=1S/C20H21F2NO2/c21-16-8-9-18(17(22)12-16)25-13-19(24)23-14-20(10-4-5-11-20)15-6-2-1-3-7-15/h1-3,6-9,12H,4-5,10-11,13-14H2,(H,23,24). The van der Waals surface area contributed by atoms with Crippen molar-refractivity contribution in [1.29, 1.82) is 0 Å². The minimum absolute atomic E-state index is 0.0436. The summed E-state index contributed by atoms with van der Waals surface area (Å²) in [7, 11) is 0. The Morgan fingerprint density at radius 3 is 2.48 bits per heavy atom. The monoisotopic (exact) mass is 345 g/mol. The second kappa shape index (κ2) is 7.64. The van der Waals surface area contributed by atoms with E-state index in [0.29, 0.717) is 6.54 Å². The Morgan fingerprint density at radius 2 is 1.80 bits per heavy atom. The molecule has 1 saturated carbocycles. The molecule has 2 aromatic carbocycles. The van der Waals surface area contributed by atoms with Crippen LogP contribution in [0.15, 0.2) is 48.5 Å². The average Bonchev–Trinajstić information content (AvgIpc) is 3.10. The van der Waals surface area contributed by atoms with E-state index in [-0.39, 0.29) is 23.7 Å². The van der Waals surface area contributed by atoms with Gasteiger partial charge in [-0.05, 0) is 30.5 Å². The summed E-state index contributed by atoms with van der Waals surface area (Å²) in [6.07, 6.45) is 4.35. The van der Waals surface area contributed by atoms with Gasteiger partial charge in [-0.15, -0.1) is 0 Å². The number of hydrogen-bond donors (Lipinski definition) is 1. The van der Waals surface area contributed by atoms with Gasteiger partial charge < -0.3 is 10.1 Å². The highest BCUT2D eigenvalue weighted by atomic mass is 19.1. The first-order chi connectivity index (χ1) is 12.1. The summed E-state index contributed by atoms with van der Waals surface area (Å²) in [5.41, 5.74) is 1.19. The second-order valence-corrected chi connectivity index (χ2v) is 6.49. The molecule has 0 saturated heterocycles. The van der Waals surface area contributed by atoms with Crippen LogP contribution in [0.4, 0.5) is 8.78 Å². The van der Waals surface area contributed by atoms with Crippen molar-refractivity contribution in [2.24, 2.45) is 0 Å². The summed E-state index contributed by atoms with van der Waals surface area (Å²) in [5.74, 6) is -1.94. The Bertz CT molecular complexity index is 728. The van der Waals surface area contributed by atoms with Gasteiger partial charge in [-0.1, -0.05) is 43.2 Å². The highest BCUT2D eigenvalue weighted by Crippen LogP contribution is 2.40. The summed E-state index contributed by atoms with van der Waals surface area (Å²) in [6.45, 7) is 0.235. The topological polar surface area (TPSA) is 38.3 Å². The van der Waals surface area contributed by atoms with E-state index >= 15 is 0 Å². The smallest absolute Gasteiger partial charge is 0.257 e. The van der Waals surface area contributed by atoms with Crippen LogP contribution >= 0.6 is 0 Å². The Balaban J connectivity index is 1.57. The van der Waals surface area contributed by atoms with Crippen LogP contribution in [0.1, 0.15) is 31.2 Å². The van der Waals surface area contributed by atoms with Gasteiger partial charge in [0, 0.05) is 18.0 Å². The van der Waals surface area contributed by atoms with Crippen LogP contribution in [-0.4, -0.2) is 19.1 Å². The lowest BCUT2D eigenvalue weighted by Gasteiger charge is -2.30. The molecule has 3 rings (SSSR count). The molecule has 1 fully saturated rings. The third-order valence-electron chi connectivity index (χ3n) is 4.82. The van der Waals surface area contributed by atoms with E-state index in [9.17, 15) is 13.6 Å². The number of hydrogen-bond acceptors (Lipinski definition) is 2. The number of amides is 1. The zero-order valence-electron chi connectivity index (χ0n) is 13.9. The summed E-state index contributed by atoms with van der Waals surface area (Å²) >= 11 is 0. The van der Waals surface area contributed by atoms with Crippen molar-refractivity contribution >= 4 is 5.91 Å². The van der Waals surface area contributed by atoms with E-state index in [4.69, 9.17) is 4.74 Å². The number of ether oxygens (including phenoxy) is 1. The van der Waals surface area contributed by atoms with Crippen LogP contribution in [0.25, 0.3) is 0 Å². The van der Waals surface area contributed by atoms with E-state index in [1.165, 1.54) is 11.6 Å². The number of halogens is 2. The van der Waals surface area contributed by atoms with Crippen LogP contribution in [0.5, 0.6) is 5.75 Å². The lowest BCUT2D eigenvalue weighted by Crippen LogP contribution is -2.40. The van der Waals surface area contributed by atoms with Crippen molar-refractivity contribution in [2.75, 3.05) is 13.2 Å². The summed E-state index contributed by atoms with van der Waals surface area (Å²) in [6, 6.07) is 13.2. The van der Waals surface area contributed by atoms with Gasteiger partial charge in [0.1, 0.15) is 5.82 Å². The van der Waals surface area contributed by atoms with Gasteiger partial charge >= 0.3 is 0 Å². The van der Waals surface area contributed by atoms with E-state index < -0.39 is 11.6 Å². The molecular weight excluding hydrogens is 324 g/mol. The second-order valence-electron chi connectivity index (χ2n) is 6.49. The molecule has 2 aromatic rings. The molecule has 3 nitrogen and oxygen atoms in total. The fourth-order valence-electron chi connectivity index (χ4n) is 3.47. The maximum atomic E-state index is 13.5. The van der Waals surface area contributed by atoms with Crippen LogP contribution in [0.3, 0.4) is 0 Å². The molecule has 0 radical (unpaired) electrons. The van der Waals surface area contributed by atoms with E-state index in [1.54, 1.807) is 0 Å². The maximum absolute atomic E-state index is 13.5. The molecule has 1 aliphatic rings. The number of carbonyl (C=O) groups excluding carboxylic acids is 1. The fraction of sp³-hybridized carbons (Fsp3) is 0.350. The molecule has 0 aromatic heterocycles. The number of rotatable bonds is 6. The van der Waals surface area contributed by atoms with Gasteiger partial charge in [0.15, 0.2) is 18.2 Å². The molecule has 1 N–H and O–H groups in total. The predicted molar refractivity (Wildman–Crippen MR) is 91.5 cm³/mol. The average molecular weight is 345 g/mol. The third-order valence-corrected chi connectivity index (χ3v) is 4.82. The lowest BCUT2D eigenvalue weighted by molar-refractivity contribution is -0.123. The normalized spacial score (nSPS) is 15.8. The molecule has 5 heteroatoms. The minimum Gasteiger partial charge on any atom is -0.481 e. The van der Waals surface area contributed by atoms with Crippen LogP contribution in [0.2, 0.25) is 0 Å². The Hall–Kier alpha value is -2.43. The van der Waals surface area contributed by atoms with Crippen molar-refractivity contribution < 1.29 is 18.3 Å². The molecule has 0 aliphatic heterocycles. The lowest BCUT2D eigenvalue weighted by atomic mass is 9.79. The fourth-order valence-corrected chi connectivity index (χ4v) is 3.47. The summed E-state index contributed by atoms with van der Waals surface area (Å²) in [4.78, 5) is 12.1. The highest BCUT2D eigenvalue weighted by Gasteiger charge is 2.35. The number of benzene rings is 2. The first-order valence-corrected chi connectivity index (χ1v) is 8.49. The van der Waals surface area contributed by atoms with Gasteiger partial charge in [-0.25, -0.2) is 8.78 Å². The quantitative estimate of drug-likeness (QED) is 0.860. The first-order valence-electron chi connectivity index (χ1n) is 8.49. The number of carbonyl (C=O) groups is 1. The van der Waals surface area contributed by atoms with Gasteiger partial charge in [-0.3, -0.25) is 4.79 Å². The zero-order chi connectivity index (χ0) is 17.7. The summed E-state index contributed by atoms with van der Waals surface area (Å²) < 4.78 is 31.5. The molecule has 0 spiro atoms. The molecule has 1 aliphatic carbocycles. The van der Waals surface area contributed by atoms with Gasteiger partial charge in [0.05, 0.1) is 0 Å². The molecule has 0 bridgehead atoms. The van der Waals surface area contributed by atoms with Crippen molar-refractivity contribution in [3.8, 4) is 5.75 Å². The van der Waals surface area contributed by atoms with Crippen LogP contribution in [-0.2, 0) is 10.2 Å². The molecular formula is C20H21F2NO2. The van der Waals surface area contributed by atoms with Crippen molar-refractivity contribution in [3.63, 3.8) is 0 Å². The van der Waals surface area contributed by atoms with Gasteiger partial charge in [-0.2, -0.15) is 0 Å². The minimum atomic E-state index is -0.815. The van der Waals surface area contributed by atoms with E-state index in [1.807, 2.05) is 18.2 Å². The molecule has 0 atom stereocenters. The summed E-state index contributed by atoms with van der Waals surface area (Å²) in [5, 5.41) is 2.90. The molecule has 25 heavy (non-hydrogen) atoms. The van der Waals surface area contributed by atoms with Crippen molar-refractivity contribution in [2.45, 2.75) is 31.1 Å². The van der Waals surface area contributed by atoms with Gasteiger partial charge in [0.25, 0.3) is 5.91 Å². The Morgan fingerprint density at radius 1 is 1.08 bits per heavy atom. The van der Waals surface area contributed by atoms with E-state index in [2.05, 4.69) is 17.4 Å². The van der Waals surface area contributed by atoms with Crippen molar-refractivity contribution in [1.82, 2.24) is 5.32 Å². The van der Waals surface area contributed by atoms with Gasteiger partial charge in [0.2, 0.25) is 0 Å². The van der Waals surface area contributed by atoms with Crippen LogP contribution < -0.4 is 10.1 Å². The Kier molecular flexibility index (Phi) is 5.31. The molecule has 0 unspecified atom stereocenters. The SMILES string of the molecule is O=C(COc1ccc(F)cc1F)NCC1(c2ccccc2)CCCC1. The highest BCUT2D eigenvalue weighted by molar-refractivity contribution is 5.77. The molecule has 132 valence electrons. The first kappa shape index (κ1) is 17.4. The third kappa shape index (κ3) is 4.16. The number of nitrogens with one attached hydrogen (secondary N) is 1.